The monoisotopic (exact) mass is 233 g/mol. The standard InChI is InChI=1S/C16H27N/c1-3-5-6-10-14-17-16(11-4-2)15-12-8-7-9-13-15/h7-9,12-13,16-17H,3-6,10-11,14H2,1-2H3. The van der Waals surface area contributed by atoms with E-state index in [1.807, 2.05) is 0 Å². The molecule has 0 heterocycles. The van der Waals surface area contributed by atoms with Crippen LogP contribution in [0.25, 0.3) is 0 Å². The molecular formula is C16H27N. The smallest absolute Gasteiger partial charge is 0.0320 e. The molecule has 1 aromatic carbocycles. The summed E-state index contributed by atoms with van der Waals surface area (Å²) in [4.78, 5) is 0. The Hall–Kier alpha value is -0.820. The van der Waals surface area contributed by atoms with Gasteiger partial charge in [0.2, 0.25) is 0 Å². The first kappa shape index (κ1) is 14.2. The fourth-order valence-corrected chi connectivity index (χ4v) is 2.19. The number of hydrogen-bond donors (Lipinski definition) is 1. The van der Waals surface area contributed by atoms with Crippen LogP contribution in [0.15, 0.2) is 30.3 Å². The summed E-state index contributed by atoms with van der Waals surface area (Å²) in [6, 6.07) is 11.4. The highest BCUT2D eigenvalue weighted by atomic mass is 14.9. The normalized spacial score (nSPS) is 12.6. The molecule has 0 aromatic heterocycles. The Bertz CT molecular complexity index is 268. The molecule has 1 N–H and O–H groups in total. The van der Waals surface area contributed by atoms with Crippen LogP contribution in [0.1, 0.15) is 64.0 Å². The number of nitrogens with one attached hydrogen (secondary N) is 1. The van der Waals surface area contributed by atoms with Gasteiger partial charge in [-0.15, -0.1) is 0 Å². The van der Waals surface area contributed by atoms with Gasteiger partial charge in [-0.1, -0.05) is 69.9 Å². The number of rotatable bonds is 9. The Morgan fingerprint density at radius 3 is 2.35 bits per heavy atom. The fourth-order valence-electron chi connectivity index (χ4n) is 2.19. The van der Waals surface area contributed by atoms with E-state index in [1.54, 1.807) is 0 Å². The molecule has 1 nitrogen and oxygen atoms in total. The predicted molar refractivity (Wildman–Crippen MR) is 76.2 cm³/mol. The Labute approximate surface area is 107 Å². The second-order valence-corrected chi connectivity index (χ2v) is 4.77. The predicted octanol–water partition coefficient (Wildman–Crippen LogP) is 4.70. The molecule has 0 spiro atoms. The lowest BCUT2D eigenvalue weighted by atomic mass is 10.0. The van der Waals surface area contributed by atoms with Crippen molar-refractivity contribution in [3.8, 4) is 0 Å². The van der Waals surface area contributed by atoms with Crippen LogP contribution in [0.3, 0.4) is 0 Å². The van der Waals surface area contributed by atoms with Crippen LogP contribution in [0.5, 0.6) is 0 Å². The van der Waals surface area contributed by atoms with Gasteiger partial charge in [-0.2, -0.15) is 0 Å². The number of hydrogen-bond acceptors (Lipinski definition) is 1. The summed E-state index contributed by atoms with van der Waals surface area (Å²) in [5.74, 6) is 0. The zero-order chi connectivity index (χ0) is 12.3. The van der Waals surface area contributed by atoms with Crippen LogP contribution in [-0.2, 0) is 0 Å². The Morgan fingerprint density at radius 2 is 1.71 bits per heavy atom. The minimum atomic E-state index is 0.544. The maximum Gasteiger partial charge on any atom is 0.0320 e. The molecule has 1 unspecified atom stereocenters. The molecule has 17 heavy (non-hydrogen) atoms. The van der Waals surface area contributed by atoms with E-state index in [9.17, 15) is 0 Å². The lowest BCUT2D eigenvalue weighted by Gasteiger charge is -2.18. The summed E-state index contributed by atoms with van der Waals surface area (Å²) in [5.41, 5.74) is 1.44. The third-order valence-corrected chi connectivity index (χ3v) is 3.20. The van der Waals surface area contributed by atoms with Gasteiger partial charge in [0.25, 0.3) is 0 Å². The van der Waals surface area contributed by atoms with E-state index < -0.39 is 0 Å². The maximum atomic E-state index is 3.70. The molecule has 0 amide bonds. The van der Waals surface area contributed by atoms with Gasteiger partial charge in [0, 0.05) is 6.04 Å². The lowest BCUT2D eigenvalue weighted by molar-refractivity contribution is 0.478. The van der Waals surface area contributed by atoms with Crippen LogP contribution >= 0.6 is 0 Å². The Balaban J connectivity index is 2.33. The average Bonchev–Trinajstić information content (AvgIpc) is 2.38. The third-order valence-electron chi connectivity index (χ3n) is 3.20. The van der Waals surface area contributed by atoms with Gasteiger partial charge in [-0.05, 0) is 24.9 Å². The largest absolute Gasteiger partial charge is 0.310 e. The topological polar surface area (TPSA) is 12.0 Å². The van der Waals surface area contributed by atoms with Crippen molar-refractivity contribution in [2.75, 3.05) is 6.54 Å². The van der Waals surface area contributed by atoms with Crippen molar-refractivity contribution >= 4 is 0 Å². The van der Waals surface area contributed by atoms with Crippen molar-refractivity contribution in [2.45, 2.75) is 58.4 Å². The highest BCUT2D eigenvalue weighted by molar-refractivity contribution is 5.18. The van der Waals surface area contributed by atoms with E-state index in [0.717, 1.165) is 6.54 Å². The molecule has 0 bridgehead atoms. The highest BCUT2D eigenvalue weighted by Crippen LogP contribution is 2.18. The first-order valence-corrected chi connectivity index (χ1v) is 7.16. The third kappa shape index (κ3) is 5.88. The van der Waals surface area contributed by atoms with Crippen molar-refractivity contribution in [1.82, 2.24) is 5.32 Å². The first-order chi connectivity index (χ1) is 8.38. The van der Waals surface area contributed by atoms with Crippen molar-refractivity contribution in [2.24, 2.45) is 0 Å². The van der Waals surface area contributed by atoms with Crippen LogP contribution in [0.4, 0.5) is 0 Å². The van der Waals surface area contributed by atoms with Crippen LogP contribution in [-0.4, -0.2) is 6.54 Å². The van der Waals surface area contributed by atoms with E-state index >= 15 is 0 Å². The summed E-state index contributed by atoms with van der Waals surface area (Å²) in [5, 5.41) is 3.70. The van der Waals surface area contributed by atoms with Gasteiger partial charge >= 0.3 is 0 Å². The summed E-state index contributed by atoms with van der Waals surface area (Å²) in [6.45, 7) is 5.67. The second kappa shape index (κ2) is 9.23. The average molecular weight is 233 g/mol. The van der Waals surface area contributed by atoms with Crippen molar-refractivity contribution < 1.29 is 0 Å². The molecule has 1 rings (SSSR count). The zero-order valence-electron chi connectivity index (χ0n) is 11.4. The maximum absolute atomic E-state index is 3.70. The quantitative estimate of drug-likeness (QED) is 0.610. The lowest BCUT2D eigenvalue weighted by Crippen LogP contribution is -2.22. The van der Waals surface area contributed by atoms with Gasteiger partial charge in [-0.3, -0.25) is 0 Å². The van der Waals surface area contributed by atoms with Crippen LogP contribution < -0.4 is 5.32 Å². The molecule has 0 aliphatic carbocycles. The van der Waals surface area contributed by atoms with Crippen molar-refractivity contribution in [3.05, 3.63) is 35.9 Å². The zero-order valence-corrected chi connectivity index (χ0v) is 11.4. The fraction of sp³-hybridized carbons (Fsp3) is 0.625. The van der Waals surface area contributed by atoms with Crippen molar-refractivity contribution in [3.63, 3.8) is 0 Å². The van der Waals surface area contributed by atoms with Gasteiger partial charge in [-0.25, -0.2) is 0 Å². The number of benzene rings is 1. The molecule has 1 aromatic rings. The molecule has 0 aliphatic heterocycles. The van der Waals surface area contributed by atoms with Crippen LogP contribution in [0, 0.1) is 0 Å². The van der Waals surface area contributed by atoms with Gasteiger partial charge in [0.1, 0.15) is 0 Å². The first-order valence-electron chi connectivity index (χ1n) is 7.16. The minimum absolute atomic E-state index is 0.544. The summed E-state index contributed by atoms with van der Waals surface area (Å²) < 4.78 is 0. The van der Waals surface area contributed by atoms with E-state index in [-0.39, 0.29) is 0 Å². The molecule has 0 fully saturated rings. The number of unbranched alkanes of at least 4 members (excludes halogenated alkanes) is 3. The summed E-state index contributed by atoms with van der Waals surface area (Å²) >= 11 is 0. The van der Waals surface area contributed by atoms with Crippen molar-refractivity contribution in [1.29, 1.82) is 0 Å². The molecule has 0 radical (unpaired) electrons. The van der Waals surface area contributed by atoms with E-state index in [1.165, 1.54) is 44.1 Å². The molecule has 96 valence electrons. The summed E-state index contributed by atoms with van der Waals surface area (Å²) in [7, 11) is 0. The molecule has 0 saturated carbocycles. The van der Waals surface area contributed by atoms with Gasteiger partial charge in [0.05, 0.1) is 0 Å². The molecule has 0 saturated heterocycles. The highest BCUT2D eigenvalue weighted by Gasteiger charge is 2.08. The SMILES string of the molecule is CCCCCCNC(CCC)c1ccccc1. The molecule has 1 heteroatoms. The van der Waals surface area contributed by atoms with Crippen LogP contribution in [0.2, 0.25) is 0 Å². The van der Waals surface area contributed by atoms with Gasteiger partial charge in [0.15, 0.2) is 0 Å². The van der Waals surface area contributed by atoms with E-state index in [2.05, 4.69) is 49.5 Å². The Morgan fingerprint density at radius 1 is 0.941 bits per heavy atom. The second-order valence-electron chi connectivity index (χ2n) is 4.77. The molecular weight excluding hydrogens is 206 g/mol. The summed E-state index contributed by atoms with van der Waals surface area (Å²) in [6.07, 6.45) is 7.82. The minimum Gasteiger partial charge on any atom is -0.310 e. The molecule has 1 atom stereocenters. The van der Waals surface area contributed by atoms with Gasteiger partial charge < -0.3 is 5.32 Å². The van der Waals surface area contributed by atoms with E-state index in [0.29, 0.717) is 6.04 Å². The Kier molecular flexibility index (Phi) is 7.74. The van der Waals surface area contributed by atoms with E-state index in [4.69, 9.17) is 0 Å². The molecule has 0 aliphatic rings.